The molecule has 9 nitrogen and oxygen atoms in total. The number of hydrogen-bond donors (Lipinski definition) is 5. The van der Waals surface area contributed by atoms with Crippen LogP contribution in [0.25, 0.3) is 5.57 Å². The van der Waals surface area contributed by atoms with Crippen LogP contribution in [0, 0.1) is 10.9 Å². The van der Waals surface area contributed by atoms with Crippen molar-refractivity contribution in [2.75, 3.05) is 11.9 Å². The van der Waals surface area contributed by atoms with Crippen molar-refractivity contribution in [3.8, 4) is 0 Å². The number of carbonyl (C=O) groups excluding carboxylic acids is 2. The van der Waals surface area contributed by atoms with Crippen molar-refractivity contribution in [1.29, 1.82) is 10.9 Å². The van der Waals surface area contributed by atoms with Crippen LogP contribution < -0.4 is 10.6 Å². The minimum absolute atomic E-state index is 0.0433. The van der Waals surface area contributed by atoms with Crippen LogP contribution in [0.15, 0.2) is 84.0 Å². The van der Waals surface area contributed by atoms with E-state index in [0.29, 0.717) is 23.2 Å². The molecule has 0 heterocycles. The van der Waals surface area contributed by atoms with Gasteiger partial charge in [-0.3, -0.25) is 19.8 Å². The van der Waals surface area contributed by atoms with Gasteiger partial charge in [-0.25, -0.2) is 5.53 Å². The Kier molecular flexibility index (Phi) is 9.88. The first kappa shape index (κ1) is 29.1. The van der Waals surface area contributed by atoms with E-state index < -0.39 is 11.9 Å². The average molecular weight is 552 g/mol. The van der Waals surface area contributed by atoms with Crippen LogP contribution in [-0.4, -0.2) is 35.3 Å². The first-order chi connectivity index (χ1) is 19.8. The molecule has 0 aromatic heterocycles. The highest BCUT2D eigenvalue weighted by Crippen LogP contribution is 2.29. The summed E-state index contributed by atoms with van der Waals surface area (Å²) >= 11 is 0. The summed E-state index contributed by atoms with van der Waals surface area (Å²) in [4.78, 5) is 36.7. The van der Waals surface area contributed by atoms with Crippen LogP contribution in [0.4, 0.5) is 5.69 Å². The highest BCUT2D eigenvalue weighted by Gasteiger charge is 2.22. The van der Waals surface area contributed by atoms with E-state index in [4.69, 9.17) is 16.0 Å². The first-order valence-corrected chi connectivity index (χ1v) is 13.6. The Morgan fingerprint density at radius 1 is 0.951 bits per heavy atom. The zero-order valence-corrected chi connectivity index (χ0v) is 22.7. The first-order valence-electron chi connectivity index (χ1n) is 13.6. The van der Waals surface area contributed by atoms with Crippen LogP contribution in [0.2, 0.25) is 0 Å². The maximum absolute atomic E-state index is 13.7. The van der Waals surface area contributed by atoms with Gasteiger partial charge in [0.25, 0.3) is 5.91 Å². The van der Waals surface area contributed by atoms with Gasteiger partial charge in [-0.15, -0.1) is 5.11 Å². The second-order valence-electron chi connectivity index (χ2n) is 9.98. The molecule has 1 unspecified atom stereocenters. The van der Waals surface area contributed by atoms with Gasteiger partial charge in [-0.05, 0) is 78.6 Å². The number of carboxylic acid groups (broad SMARTS) is 1. The lowest BCUT2D eigenvalue weighted by atomic mass is 9.88. The molecule has 0 fully saturated rings. The Bertz CT molecular complexity index is 1460. The molecule has 0 aliphatic heterocycles. The van der Waals surface area contributed by atoms with Crippen molar-refractivity contribution in [3.05, 3.63) is 107 Å². The molecule has 1 aliphatic carbocycles. The number of benzene rings is 3. The molecule has 4 rings (SSSR count). The van der Waals surface area contributed by atoms with Gasteiger partial charge < -0.3 is 15.7 Å². The maximum atomic E-state index is 13.7. The largest absolute Gasteiger partial charge is 0.481 e. The SMILES string of the molecule is N=NC(=N)c1cccc(NC(=O)C(Cc2ccc(C(=O)NCCC(=O)O)cc2)c2ccc(C3=CCCCC3)cc2)c1. The smallest absolute Gasteiger partial charge is 0.305 e. The summed E-state index contributed by atoms with van der Waals surface area (Å²) in [5, 5.41) is 25.3. The molecule has 0 saturated carbocycles. The molecule has 0 bridgehead atoms. The van der Waals surface area contributed by atoms with E-state index in [9.17, 15) is 14.4 Å². The van der Waals surface area contributed by atoms with Crippen LogP contribution in [0.5, 0.6) is 0 Å². The summed E-state index contributed by atoms with van der Waals surface area (Å²) in [7, 11) is 0. The summed E-state index contributed by atoms with van der Waals surface area (Å²) in [5.41, 5.74) is 12.6. The molecule has 3 aromatic carbocycles. The molecular formula is C32H33N5O4. The summed E-state index contributed by atoms with van der Waals surface area (Å²) in [6.07, 6.45) is 7.04. The van der Waals surface area contributed by atoms with Gasteiger partial charge in [0.1, 0.15) is 0 Å². The molecular weight excluding hydrogens is 518 g/mol. The Morgan fingerprint density at radius 2 is 1.71 bits per heavy atom. The molecule has 5 N–H and O–H groups in total. The Morgan fingerprint density at radius 3 is 2.37 bits per heavy atom. The van der Waals surface area contributed by atoms with Gasteiger partial charge in [-0.2, -0.15) is 0 Å². The van der Waals surface area contributed by atoms with Crippen molar-refractivity contribution in [2.45, 2.75) is 44.4 Å². The van der Waals surface area contributed by atoms with Crippen molar-refractivity contribution in [3.63, 3.8) is 0 Å². The van der Waals surface area contributed by atoms with Crippen LogP contribution >= 0.6 is 0 Å². The maximum Gasteiger partial charge on any atom is 0.305 e. The molecule has 0 radical (unpaired) electrons. The fraction of sp³-hybridized carbons (Fsp3) is 0.250. The molecule has 1 aliphatic rings. The number of rotatable bonds is 11. The van der Waals surface area contributed by atoms with Crippen LogP contribution in [-0.2, 0) is 16.0 Å². The van der Waals surface area contributed by atoms with Crippen LogP contribution in [0.3, 0.4) is 0 Å². The quantitative estimate of drug-likeness (QED) is 0.110. The average Bonchev–Trinajstić information content (AvgIpc) is 3.00. The van der Waals surface area contributed by atoms with E-state index in [-0.39, 0.29) is 30.6 Å². The number of nitrogens with zero attached hydrogens (tertiary/aromatic N) is 1. The molecule has 0 spiro atoms. The van der Waals surface area contributed by atoms with Gasteiger partial charge >= 0.3 is 5.97 Å². The number of carbonyl (C=O) groups is 3. The van der Waals surface area contributed by atoms with Crippen molar-refractivity contribution < 1.29 is 19.5 Å². The van der Waals surface area contributed by atoms with Gasteiger partial charge in [0, 0.05) is 23.4 Å². The summed E-state index contributed by atoms with van der Waals surface area (Å²) in [6, 6.07) is 21.7. The molecule has 2 amide bonds. The molecule has 0 saturated heterocycles. The zero-order valence-electron chi connectivity index (χ0n) is 22.7. The number of carboxylic acids is 1. The molecule has 210 valence electrons. The number of nitrogens with one attached hydrogen (secondary N) is 4. The standard InChI is InChI=1S/C32H33N5O4/c33-30(37-34)26-7-4-8-27(20-26)36-32(41)28(24-15-13-23(14-16-24)22-5-2-1-3-6-22)19-21-9-11-25(12-10-21)31(40)35-18-17-29(38)39/h4-5,7-16,20,28,33-34H,1-3,6,17-19H2,(H,35,40)(H,36,41)(H,38,39). The lowest BCUT2D eigenvalue weighted by molar-refractivity contribution is -0.136. The minimum Gasteiger partial charge on any atom is -0.481 e. The molecule has 1 atom stereocenters. The summed E-state index contributed by atoms with van der Waals surface area (Å²) in [6.45, 7) is 0.0433. The van der Waals surface area contributed by atoms with Crippen molar-refractivity contribution in [2.24, 2.45) is 5.11 Å². The lowest BCUT2D eigenvalue weighted by Gasteiger charge is -2.19. The molecule has 3 aromatic rings. The van der Waals surface area contributed by atoms with E-state index in [2.05, 4.69) is 34.0 Å². The summed E-state index contributed by atoms with van der Waals surface area (Å²) < 4.78 is 0. The fourth-order valence-corrected chi connectivity index (χ4v) is 4.84. The number of amidine groups is 1. The number of aliphatic carboxylic acids is 1. The van der Waals surface area contributed by atoms with Crippen molar-refractivity contribution in [1.82, 2.24) is 5.32 Å². The Balaban J connectivity index is 1.55. The molecule has 41 heavy (non-hydrogen) atoms. The van der Waals surface area contributed by atoms with E-state index in [1.807, 2.05) is 12.1 Å². The highest BCUT2D eigenvalue weighted by atomic mass is 16.4. The monoisotopic (exact) mass is 551 g/mol. The van der Waals surface area contributed by atoms with E-state index in [1.54, 1.807) is 48.5 Å². The third-order valence-corrected chi connectivity index (χ3v) is 7.09. The van der Waals surface area contributed by atoms with Gasteiger partial charge in [0.15, 0.2) is 5.84 Å². The predicted octanol–water partition coefficient (Wildman–Crippen LogP) is 6.17. The number of anilines is 1. The second-order valence-corrected chi connectivity index (χ2v) is 9.98. The van der Waals surface area contributed by atoms with Crippen LogP contribution in [0.1, 0.15) is 70.6 Å². The van der Waals surface area contributed by atoms with Gasteiger partial charge in [-0.1, -0.05) is 54.6 Å². The number of amides is 2. The fourth-order valence-electron chi connectivity index (χ4n) is 4.84. The third-order valence-electron chi connectivity index (χ3n) is 7.09. The lowest BCUT2D eigenvalue weighted by Crippen LogP contribution is -2.26. The second kappa shape index (κ2) is 13.9. The van der Waals surface area contributed by atoms with E-state index in [0.717, 1.165) is 29.5 Å². The normalized spacial score (nSPS) is 13.4. The third kappa shape index (κ3) is 8.04. The Hall–Kier alpha value is -4.92. The minimum atomic E-state index is -0.982. The van der Waals surface area contributed by atoms with Gasteiger partial charge in [0.2, 0.25) is 5.91 Å². The summed E-state index contributed by atoms with van der Waals surface area (Å²) in [5.74, 6) is -2.30. The number of allylic oxidation sites excluding steroid dienone is 2. The predicted molar refractivity (Wildman–Crippen MR) is 157 cm³/mol. The number of hydrogen-bond acceptors (Lipinski definition) is 5. The molecule has 9 heteroatoms. The van der Waals surface area contributed by atoms with Crippen molar-refractivity contribution >= 4 is 34.9 Å². The van der Waals surface area contributed by atoms with E-state index in [1.165, 1.54) is 18.4 Å². The van der Waals surface area contributed by atoms with Gasteiger partial charge in [0.05, 0.1) is 12.3 Å². The topological polar surface area (TPSA) is 156 Å². The highest BCUT2D eigenvalue weighted by molar-refractivity contribution is 6.00. The van der Waals surface area contributed by atoms with E-state index >= 15 is 0 Å². The Labute approximate surface area is 238 Å². The zero-order chi connectivity index (χ0) is 29.2.